The van der Waals surface area contributed by atoms with Crippen LogP contribution in [-0.4, -0.2) is 54.5 Å². The van der Waals surface area contributed by atoms with Crippen LogP contribution < -0.4 is 19.7 Å². The number of nitrogens with one attached hydrogen (secondary N) is 2. The van der Waals surface area contributed by atoms with Crippen LogP contribution in [0.1, 0.15) is 19.2 Å². The fourth-order valence-electron chi connectivity index (χ4n) is 3.04. The Morgan fingerprint density at radius 3 is 2.68 bits per heavy atom. The fraction of sp³-hybridized carbons (Fsp3) is 0.353. The molecule has 14 heteroatoms. The molecule has 0 saturated heterocycles. The maximum absolute atomic E-state index is 13.4. The van der Waals surface area contributed by atoms with Crippen LogP contribution >= 0.6 is 0 Å². The van der Waals surface area contributed by atoms with Crippen LogP contribution in [0.2, 0.25) is 0 Å². The molecule has 11 nitrogen and oxygen atoms in total. The summed E-state index contributed by atoms with van der Waals surface area (Å²) in [7, 11) is -4.39. The van der Waals surface area contributed by atoms with E-state index in [-0.39, 0.29) is 46.5 Å². The number of ether oxygens (including phenoxy) is 1. The molecule has 168 valence electrons. The number of carbonyl (C=O) groups is 2. The van der Waals surface area contributed by atoms with E-state index in [4.69, 9.17) is 9.84 Å². The Balaban J connectivity index is 2.07. The fourth-order valence-corrected chi connectivity index (χ4v) is 4.70. The molecule has 2 amide bonds. The number of aryl methyl sites for hydroxylation is 1. The van der Waals surface area contributed by atoms with Crippen molar-refractivity contribution in [3.05, 3.63) is 30.1 Å². The number of rotatable bonds is 6. The largest absolute Gasteiger partial charge is 0.484 e. The van der Waals surface area contributed by atoms with Crippen molar-refractivity contribution in [3.63, 3.8) is 0 Å². The van der Waals surface area contributed by atoms with Gasteiger partial charge < -0.3 is 15.2 Å². The lowest BCUT2D eigenvalue weighted by molar-refractivity contribution is -0.119. The van der Waals surface area contributed by atoms with E-state index in [2.05, 4.69) is 15.7 Å². The van der Waals surface area contributed by atoms with Crippen LogP contribution in [-0.2, 0) is 14.8 Å². The van der Waals surface area contributed by atoms with E-state index in [0.717, 1.165) is 10.5 Å². The zero-order valence-corrected chi connectivity index (χ0v) is 17.2. The van der Waals surface area contributed by atoms with Crippen molar-refractivity contribution in [3.8, 4) is 5.75 Å². The van der Waals surface area contributed by atoms with Crippen molar-refractivity contribution in [2.75, 3.05) is 22.7 Å². The molecule has 0 saturated carbocycles. The van der Waals surface area contributed by atoms with Crippen molar-refractivity contribution in [1.82, 2.24) is 15.1 Å². The van der Waals surface area contributed by atoms with Crippen LogP contribution in [0.15, 0.2) is 29.3 Å². The number of carbonyl (C=O) groups excluding carboxylic acids is 1. The van der Waals surface area contributed by atoms with Crippen molar-refractivity contribution in [1.29, 1.82) is 0 Å². The number of nitrogens with zero attached hydrogens (tertiary/aromatic N) is 3. The summed E-state index contributed by atoms with van der Waals surface area (Å²) in [5.41, 5.74) is -0.0450. The van der Waals surface area contributed by atoms with Gasteiger partial charge in [-0.25, -0.2) is 17.9 Å². The molecule has 3 N–H and O–H groups in total. The second-order valence-electron chi connectivity index (χ2n) is 6.66. The first-order valence-corrected chi connectivity index (χ1v) is 10.3. The molecule has 3 rings (SSSR count). The smallest absolute Gasteiger partial charge is 0.409 e. The maximum atomic E-state index is 13.4. The highest BCUT2D eigenvalue weighted by Gasteiger charge is 2.37. The van der Waals surface area contributed by atoms with Gasteiger partial charge in [-0.15, -0.1) is 0 Å². The normalized spacial score (nSPS) is 15.9. The van der Waals surface area contributed by atoms with Gasteiger partial charge in [0, 0.05) is 12.6 Å². The highest BCUT2D eigenvalue weighted by molar-refractivity contribution is 7.92. The van der Waals surface area contributed by atoms with E-state index in [9.17, 15) is 26.8 Å². The van der Waals surface area contributed by atoms with Crippen molar-refractivity contribution < 1.29 is 36.6 Å². The molecule has 0 radical (unpaired) electrons. The van der Waals surface area contributed by atoms with Crippen LogP contribution in [0.3, 0.4) is 0 Å². The van der Waals surface area contributed by atoms with Gasteiger partial charge in [-0.3, -0.25) is 14.4 Å². The molecule has 31 heavy (non-hydrogen) atoms. The number of sulfonamides is 1. The lowest BCUT2D eigenvalue weighted by Crippen LogP contribution is -2.48. The molecule has 0 fully saturated rings. The topological polar surface area (TPSA) is 143 Å². The zero-order chi connectivity index (χ0) is 22.9. The molecule has 0 aliphatic carbocycles. The molecule has 1 atom stereocenters. The second-order valence-corrected chi connectivity index (χ2v) is 8.49. The number of carboxylic acid groups (broad SMARTS) is 1. The minimum absolute atomic E-state index is 0.00873. The number of anilines is 2. The van der Waals surface area contributed by atoms with E-state index < -0.39 is 33.7 Å². The number of hydrogen-bond donors (Lipinski definition) is 3. The third-order valence-electron chi connectivity index (χ3n) is 4.36. The Hall–Kier alpha value is -3.42. The third kappa shape index (κ3) is 4.68. The van der Waals surface area contributed by atoms with Gasteiger partial charge in [0.1, 0.15) is 16.7 Å². The summed E-state index contributed by atoms with van der Waals surface area (Å²) in [6, 6.07) is 4.00. The van der Waals surface area contributed by atoms with Crippen molar-refractivity contribution >= 4 is 33.4 Å². The summed E-state index contributed by atoms with van der Waals surface area (Å²) in [6.07, 6.45) is -1.41. The molecular weight excluding hydrogens is 440 g/mol. The minimum Gasteiger partial charge on any atom is -0.484 e. The van der Waals surface area contributed by atoms with E-state index >= 15 is 0 Å². The molecule has 1 aromatic heterocycles. The quantitative estimate of drug-likeness (QED) is 0.597. The van der Waals surface area contributed by atoms with E-state index in [1.807, 2.05) is 0 Å². The first-order chi connectivity index (χ1) is 14.5. The van der Waals surface area contributed by atoms with Gasteiger partial charge in [0.15, 0.2) is 0 Å². The first kappa shape index (κ1) is 22.3. The van der Waals surface area contributed by atoms with Gasteiger partial charge in [0.2, 0.25) is 5.91 Å². The Labute approximate surface area is 175 Å². The Morgan fingerprint density at radius 1 is 1.39 bits per heavy atom. The average Bonchev–Trinajstić information content (AvgIpc) is 3.08. The van der Waals surface area contributed by atoms with Gasteiger partial charge in [0.05, 0.1) is 30.7 Å². The van der Waals surface area contributed by atoms with E-state index in [1.165, 1.54) is 32.0 Å². The number of amides is 2. The third-order valence-corrected chi connectivity index (χ3v) is 6.24. The minimum atomic E-state index is -4.39. The predicted octanol–water partition coefficient (Wildman–Crippen LogP) is 1.77. The monoisotopic (exact) mass is 459 g/mol. The zero-order valence-electron chi connectivity index (χ0n) is 16.4. The number of fused-ring (bicyclic) bond motifs is 1. The molecule has 1 aliphatic rings. The van der Waals surface area contributed by atoms with E-state index in [1.54, 1.807) is 0 Å². The van der Waals surface area contributed by atoms with Crippen LogP contribution in [0, 0.1) is 6.92 Å². The number of alkyl halides is 2. The molecule has 0 unspecified atom stereocenters. The molecular formula is C17H19F2N5O6S. The lowest BCUT2D eigenvalue weighted by Gasteiger charge is -2.35. The van der Waals surface area contributed by atoms with Gasteiger partial charge in [0.25, 0.3) is 10.0 Å². The Morgan fingerprint density at radius 2 is 2.10 bits per heavy atom. The van der Waals surface area contributed by atoms with Crippen molar-refractivity contribution in [2.24, 2.45) is 0 Å². The summed E-state index contributed by atoms with van der Waals surface area (Å²) in [6.45, 7) is -0.725. The average molecular weight is 459 g/mol. The SMILES string of the molecule is CC(=O)NC[C@H]1CN(S(=O)(=O)c2cn(C(F)F)nc2C)c2cc(NC(=O)O)ccc2O1. The van der Waals surface area contributed by atoms with Gasteiger partial charge >= 0.3 is 12.6 Å². The first-order valence-electron chi connectivity index (χ1n) is 8.90. The van der Waals surface area contributed by atoms with Crippen LogP contribution in [0.4, 0.5) is 25.0 Å². The second kappa shape index (κ2) is 8.37. The summed E-state index contributed by atoms with van der Waals surface area (Å²) in [4.78, 5) is 21.8. The predicted molar refractivity (Wildman–Crippen MR) is 104 cm³/mol. The van der Waals surface area contributed by atoms with Gasteiger partial charge in [-0.2, -0.15) is 13.9 Å². The number of benzene rings is 1. The molecule has 0 spiro atoms. The standard InChI is InChI=1S/C17H19F2N5O6S/c1-9-15(8-23(22-9)16(18)19)31(28,29)24-7-12(6-20-10(2)25)30-14-4-3-11(5-13(14)24)21-17(26)27/h3-5,8,12,16,21H,6-7H2,1-2H3,(H,20,25)(H,26,27)/t12-/m0/s1. The molecule has 2 heterocycles. The van der Waals surface area contributed by atoms with Crippen LogP contribution in [0.25, 0.3) is 0 Å². The summed E-state index contributed by atoms with van der Waals surface area (Å²) >= 11 is 0. The summed E-state index contributed by atoms with van der Waals surface area (Å²) in [5, 5.41) is 17.1. The van der Waals surface area contributed by atoms with Gasteiger partial charge in [-0.1, -0.05) is 0 Å². The molecule has 1 aromatic carbocycles. The highest BCUT2D eigenvalue weighted by Crippen LogP contribution is 2.39. The van der Waals surface area contributed by atoms with E-state index in [0.29, 0.717) is 0 Å². The maximum Gasteiger partial charge on any atom is 0.409 e. The summed E-state index contributed by atoms with van der Waals surface area (Å²) in [5.74, 6) is -0.237. The Kier molecular flexibility index (Phi) is 6.01. The lowest BCUT2D eigenvalue weighted by atomic mass is 10.2. The molecule has 0 bridgehead atoms. The number of halogens is 2. The number of hydrogen-bond acceptors (Lipinski definition) is 6. The molecule has 1 aliphatic heterocycles. The van der Waals surface area contributed by atoms with Crippen LogP contribution in [0.5, 0.6) is 5.75 Å². The van der Waals surface area contributed by atoms with Gasteiger partial charge in [-0.05, 0) is 25.1 Å². The van der Waals surface area contributed by atoms with Crippen molar-refractivity contribution in [2.45, 2.75) is 31.4 Å². The highest BCUT2D eigenvalue weighted by atomic mass is 32.2. The number of aromatic nitrogens is 2. The molecule has 2 aromatic rings. The summed E-state index contributed by atoms with van der Waals surface area (Å²) < 4.78 is 59.7. The Bertz CT molecular complexity index is 1120.